The first-order valence-electron chi connectivity index (χ1n) is 19.7. The third-order valence-corrected chi connectivity index (χ3v) is 12.0. The fraction of sp³-hybridized carbons (Fsp3) is 0.0556. The minimum Gasteiger partial charge on any atom is -0.310 e. The summed E-state index contributed by atoms with van der Waals surface area (Å²) in [7, 11) is 0. The van der Waals surface area contributed by atoms with E-state index in [0.29, 0.717) is 0 Å². The molecular formula is C54H39N3. The van der Waals surface area contributed by atoms with Gasteiger partial charge in [-0.05, 0) is 117 Å². The van der Waals surface area contributed by atoms with Gasteiger partial charge in [0.05, 0.1) is 16.7 Å². The molecule has 10 aromatic rings. The van der Waals surface area contributed by atoms with Crippen molar-refractivity contribution in [2.75, 3.05) is 4.90 Å². The molecule has 3 nitrogen and oxygen atoms in total. The first-order valence-corrected chi connectivity index (χ1v) is 19.7. The van der Waals surface area contributed by atoms with Gasteiger partial charge in [-0.25, -0.2) is 0 Å². The van der Waals surface area contributed by atoms with Gasteiger partial charge in [-0.1, -0.05) is 135 Å². The van der Waals surface area contributed by atoms with Crippen LogP contribution in [0.5, 0.6) is 0 Å². The van der Waals surface area contributed by atoms with Gasteiger partial charge in [0.15, 0.2) is 0 Å². The molecular weight excluding hydrogens is 691 g/mol. The van der Waals surface area contributed by atoms with Crippen molar-refractivity contribution in [3.8, 4) is 39.1 Å². The molecule has 0 fully saturated rings. The number of pyridine rings is 1. The van der Waals surface area contributed by atoms with E-state index in [9.17, 15) is 0 Å². The zero-order valence-electron chi connectivity index (χ0n) is 31.9. The minimum atomic E-state index is -0.136. The van der Waals surface area contributed by atoms with Gasteiger partial charge in [-0.3, -0.25) is 4.98 Å². The molecule has 0 spiro atoms. The molecule has 57 heavy (non-hydrogen) atoms. The highest BCUT2D eigenvalue weighted by molar-refractivity contribution is 6.10. The van der Waals surface area contributed by atoms with Crippen LogP contribution in [0.4, 0.5) is 17.1 Å². The van der Waals surface area contributed by atoms with Crippen molar-refractivity contribution in [1.82, 2.24) is 9.55 Å². The first kappa shape index (κ1) is 33.1. The Morgan fingerprint density at radius 1 is 0.456 bits per heavy atom. The largest absolute Gasteiger partial charge is 0.310 e. The first-order chi connectivity index (χ1) is 28.0. The molecule has 11 rings (SSSR count). The van der Waals surface area contributed by atoms with Crippen LogP contribution in [-0.2, 0) is 5.41 Å². The molecule has 0 radical (unpaired) electrons. The Labute approximate surface area is 332 Å². The number of hydrogen-bond donors (Lipinski definition) is 0. The van der Waals surface area contributed by atoms with Gasteiger partial charge in [-0.15, -0.1) is 0 Å². The summed E-state index contributed by atoms with van der Waals surface area (Å²) in [5.41, 5.74) is 17.0. The molecule has 0 saturated carbocycles. The summed E-state index contributed by atoms with van der Waals surface area (Å²) in [6.45, 7) is 4.75. The fourth-order valence-corrected chi connectivity index (χ4v) is 9.35. The van der Waals surface area contributed by atoms with E-state index in [1.165, 1.54) is 66.4 Å². The van der Waals surface area contributed by atoms with Crippen molar-refractivity contribution in [2.24, 2.45) is 0 Å². The lowest BCUT2D eigenvalue weighted by Gasteiger charge is -2.26. The molecule has 0 bridgehead atoms. The van der Waals surface area contributed by atoms with E-state index in [-0.39, 0.29) is 5.41 Å². The molecule has 0 atom stereocenters. The lowest BCUT2D eigenvalue weighted by Crippen LogP contribution is -2.18. The Hall–Kier alpha value is -7.23. The highest BCUT2D eigenvalue weighted by Crippen LogP contribution is 2.52. The smallest absolute Gasteiger partial charge is 0.0547 e. The van der Waals surface area contributed by atoms with E-state index in [0.717, 1.165) is 33.4 Å². The van der Waals surface area contributed by atoms with Crippen LogP contribution in [-0.4, -0.2) is 9.55 Å². The van der Waals surface area contributed by atoms with E-state index in [4.69, 9.17) is 0 Å². The summed E-state index contributed by atoms with van der Waals surface area (Å²) in [5.74, 6) is 0. The lowest BCUT2D eigenvalue weighted by molar-refractivity contribution is 0.656. The van der Waals surface area contributed by atoms with E-state index < -0.39 is 0 Å². The molecule has 0 saturated heterocycles. The third kappa shape index (κ3) is 5.31. The maximum Gasteiger partial charge on any atom is 0.0547 e. The molecule has 2 heterocycles. The van der Waals surface area contributed by atoms with Crippen molar-refractivity contribution >= 4 is 49.6 Å². The van der Waals surface area contributed by atoms with Crippen LogP contribution in [0.1, 0.15) is 25.0 Å². The van der Waals surface area contributed by atoms with Gasteiger partial charge in [0.25, 0.3) is 0 Å². The Balaban J connectivity index is 1.03. The molecule has 0 aliphatic heterocycles. The number of para-hydroxylation sites is 2. The number of nitrogens with zero attached hydrogens (tertiary/aromatic N) is 3. The van der Waals surface area contributed by atoms with Gasteiger partial charge in [0.2, 0.25) is 0 Å². The quantitative estimate of drug-likeness (QED) is 0.170. The van der Waals surface area contributed by atoms with Gasteiger partial charge >= 0.3 is 0 Å². The minimum absolute atomic E-state index is 0.136. The van der Waals surface area contributed by atoms with Gasteiger partial charge < -0.3 is 9.47 Å². The second-order valence-electron chi connectivity index (χ2n) is 15.7. The molecule has 1 aliphatic rings. The summed E-state index contributed by atoms with van der Waals surface area (Å²) in [5, 5.41) is 4.81. The number of anilines is 3. The van der Waals surface area contributed by atoms with Crippen molar-refractivity contribution in [2.45, 2.75) is 19.3 Å². The van der Waals surface area contributed by atoms with E-state index in [1.54, 1.807) is 0 Å². The molecule has 0 amide bonds. The maximum absolute atomic E-state index is 4.33. The molecule has 2 aromatic heterocycles. The van der Waals surface area contributed by atoms with Crippen molar-refractivity contribution in [3.63, 3.8) is 0 Å². The maximum atomic E-state index is 4.33. The number of fused-ring (bicyclic) bond motifs is 7. The Bertz CT molecular complexity index is 3170. The van der Waals surface area contributed by atoms with Crippen molar-refractivity contribution in [1.29, 1.82) is 0 Å². The second-order valence-corrected chi connectivity index (χ2v) is 15.7. The summed E-state index contributed by atoms with van der Waals surface area (Å²) in [4.78, 5) is 6.66. The molecule has 3 heteroatoms. The van der Waals surface area contributed by atoms with Crippen LogP contribution in [0.2, 0.25) is 0 Å². The summed E-state index contributed by atoms with van der Waals surface area (Å²) in [6, 6.07) is 68.7. The second kappa shape index (κ2) is 12.9. The summed E-state index contributed by atoms with van der Waals surface area (Å²) < 4.78 is 2.51. The van der Waals surface area contributed by atoms with Gasteiger partial charge in [-0.2, -0.15) is 0 Å². The van der Waals surface area contributed by atoms with E-state index in [2.05, 4.69) is 216 Å². The van der Waals surface area contributed by atoms with Crippen LogP contribution in [0.25, 0.3) is 71.6 Å². The molecule has 1 aliphatic carbocycles. The normalized spacial score (nSPS) is 12.9. The monoisotopic (exact) mass is 729 g/mol. The highest BCUT2D eigenvalue weighted by Gasteiger charge is 2.38. The average molecular weight is 730 g/mol. The number of aromatic nitrogens is 2. The molecule has 8 aromatic carbocycles. The number of benzene rings is 8. The Morgan fingerprint density at radius 2 is 1.12 bits per heavy atom. The standard InChI is InChI=1S/C54H39N3/c1-54(2)49-22-8-6-19-45(49)48-21-12-24-51(53(48)54)57-50-23-9-7-20-46(50)47-28-26-39(34-52(47)57)37-14-10-13-36(31-37)38-15-11-18-43(32-38)56(42-16-4-3-5-17-42)44-27-25-41-35-55-30-29-40(41)33-44/h3-35H,1-2H3. The molecule has 270 valence electrons. The van der Waals surface area contributed by atoms with E-state index in [1.807, 2.05) is 12.4 Å². The number of hydrogen-bond acceptors (Lipinski definition) is 2. The zero-order valence-corrected chi connectivity index (χ0v) is 31.9. The van der Waals surface area contributed by atoms with Gasteiger partial charge in [0.1, 0.15) is 0 Å². The highest BCUT2D eigenvalue weighted by atomic mass is 15.1. The third-order valence-electron chi connectivity index (χ3n) is 12.0. The van der Waals surface area contributed by atoms with Crippen molar-refractivity contribution < 1.29 is 0 Å². The SMILES string of the molecule is CC1(C)c2ccccc2-c2cccc(-n3c4ccccc4c4ccc(-c5cccc(-c6cccc(N(c7ccccc7)c7ccc8cnccc8c7)c6)c5)cc43)c21. The predicted octanol–water partition coefficient (Wildman–Crippen LogP) is 14.4. The van der Waals surface area contributed by atoms with Crippen LogP contribution in [0.3, 0.4) is 0 Å². The topological polar surface area (TPSA) is 21.1 Å². The zero-order chi connectivity index (χ0) is 38.1. The molecule has 0 N–H and O–H groups in total. The van der Waals surface area contributed by atoms with Gasteiger partial charge in [0, 0.05) is 51.0 Å². The summed E-state index contributed by atoms with van der Waals surface area (Å²) in [6.07, 6.45) is 3.78. The van der Waals surface area contributed by atoms with Crippen LogP contribution >= 0.6 is 0 Å². The van der Waals surface area contributed by atoms with Crippen LogP contribution in [0, 0.1) is 0 Å². The molecule has 0 unspecified atom stereocenters. The van der Waals surface area contributed by atoms with E-state index >= 15 is 0 Å². The Kier molecular flexibility index (Phi) is 7.52. The van der Waals surface area contributed by atoms with Crippen LogP contribution in [0.15, 0.2) is 200 Å². The van der Waals surface area contributed by atoms with Crippen molar-refractivity contribution in [3.05, 3.63) is 212 Å². The predicted molar refractivity (Wildman–Crippen MR) is 239 cm³/mol. The summed E-state index contributed by atoms with van der Waals surface area (Å²) >= 11 is 0. The fourth-order valence-electron chi connectivity index (χ4n) is 9.35. The number of rotatable bonds is 6. The van der Waals surface area contributed by atoms with Crippen LogP contribution < -0.4 is 4.90 Å². The Morgan fingerprint density at radius 3 is 2.00 bits per heavy atom. The lowest BCUT2D eigenvalue weighted by atomic mass is 9.81. The average Bonchev–Trinajstić information content (AvgIpc) is 3.72.